The maximum absolute atomic E-state index is 7.50. The molecule has 0 amide bonds. The van der Waals surface area contributed by atoms with Crippen LogP contribution in [0.25, 0.3) is 0 Å². The summed E-state index contributed by atoms with van der Waals surface area (Å²) < 4.78 is 7.50. The van der Waals surface area contributed by atoms with Gasteiger partial charge in [-0.15, -0.1) is 0 Å². The second-order valence-electron chi connectivity index (χ2n) is 9.76. The fraction of sp³-hybridized carbons (Fsp3) is 0. The summed E-state index contributed by atoms with van der Waals surface area (Å²) in [6.07, 6.45) is 0. The molecular formula is C43H35ClOOsP2-. The maximum atomic E-state index is 7.50. The van der Waals surface area contributed by atoms with Gasteiger partial charge in [-0.1, -0.05) is 182 Å². The van der Waals surface area contributed by atoms with Gasteiger partial charge in [-0.25, -0.2) is 0 Å². The van der Waals surface area contributed by atoms with E-state index in [9.17, 15) is 0 Å². The van der Waals surface area contributed by atoms with Crippen LogP contribution in [0.15, 0.2) is 212 Å². The van der Waals surface area contributed by atoms with Crippen LogP contribution in [-0.2, 0) is 22.3 Å². The molecule has 7 rings (SSSR count). The molecule has 0 saturated heterocycles. The molecule has 0 fully saturated rings. The van der Waals surface area contributed by atoms with Crippen molar-refractivity contribution < 1.29 is 22.3 Å². The molecule has 0 radical (unpaired) electrons. The molecule has 0 spiro atoms. The van der Waals surface area contributed by atoms with Crippen molar-refractivity contribution in [2.75, 3.05) is 0 Å². The summed E-state index contributed by atoms with van der Waals surface area (Å²) in [7, 11) is 3.77. The molecule has 0 N–H and O–H groups in total. The Morgan fingerprint density at radius 1 is 0.333 bits per heavy atom. The Hall–Kier alpha value is -3.93. The quantitative estimate of drug-likeness (QED) is 0.0905. The van der Waals surface area contributed by atoms with Crippen LogP contribution in [0.3, 0.4) is 0 Å². The summed E-state index contributed by atoms with van der Waals surface area (Å²) >= 11 is 1.33. The van der Waals surface area contributed by atoms with Crippen molar-refractivity contribution >= 4 is 57.3 Å². The Balaban J connectivity index is 0.000000204. The summed E-state index contributed by atoms with van der Waals surface area (Å²) in [4.78, 5) is 0. The monoisotopic (exact) mass is 856 g/mol. The fourth-order valence-corrected chi connectivity index (χ4v) is 9.31. The van der Waals surface area contributed by atoms with Gasteiger partial charge < -0.3 is 0 Å². The van der Waals surface area contributed by atoms with Crippen LogP contribution in [0.5, 0.6) is 0 Å². The summed E-state index contributed by atoms with van der Waals surface area (Å²) in [5.41, 5.74) is 0. The van der Waals surface area contributed by atoms with E-state index in [2.05, 4.69) is 204 Å². The van der Waals surface area contributed by atoms with Gasteiger partial charge in [0.05, 0.1) is 0 Å². The maximum Gasteiger partial charge on any atom is -0.0134 e. The van der Waals surface area contributed by atoms with Crippen molar-refractivity contribution in [3.05, 3.63) is 225 Å². The van der Waals surface area contributed by atoms with E-state index in [0.29, 0.717) is 0 Å². The van der Waals surface area contributed by atoms with Crippen molar-refractivity contribution in [2.45, 2.75) is 0 Å². The van der Waals surface area contributed by atoms with Crippen LogP contribution in [0, 0.1) is 12.7 Å². The number of hydrogen-bond donors (Lipinski definition) is 0. The molecule has 0 bridgehead atoms. The van der Waals surface area contributed by atoms with Gasteiger partial charge in [0.1, 0.15) is 0 Å². The topological polar surface area (TPSA) is 19.9 Å². The molecule has 1 nitrogen and oxygen atoms in total. The van der Waals surface area contributed by atoms with Gasteiger partial charge in [-0.2, -0.15) is 36.4 Å². The summed E-state index contributed by atoms with van der Waals surface area (Å²) in [6.45, 7) is 4.50. The van der Waals surface area contributed by atoms with Crippen LogP contribution in [0.4, 0.5) is 0 Å². The van der Waals surface area contributed by atoms with Gasteiger partial charge in [0.25, 0.3) is 0 Å². The molecule has 7 aromatic carbocycles. The fourth-order valence-electron chi connectivity index (χ4n) is 4.70. The molecular weight excluding hydrogens is 820 g/mol. The van der Waals surface area contributed by atoms with Crippen molar-refractivity contribution in [1.29, 1.82) is 0 Å². The first-order valence-electron chi connectivity index (χ1n) is 15.1. The van der Waals surface area contributed by atoms with E-state index in [1.807, 2.05) is 30.3 Å². The second-order valence-corrected chi connectivity index (χ2v) is 14.2. The standard InChI is InChI=1S/2C18H15P.C6H5.CO.ClH.Os/c2*1-4-10-16(11-5-1)19(17-12-6-2-7-13-17)18-14-8-3-9-15-18;1-2-4-6-5-3-1;1-2;;/h2*1-15H;1-5H;;1H;/q;;-1;;;+1/p-1. The Kier molecular flexibility index (Phi) is 19.5. The number of hydrogen-bond acceptors (Lipinski definition) is 0. The third-order valence-corrected chi connectivity index (χ3v) is 11.6. The average molecular weight is 855 g/mol. The first kappa shape index (κ1) is 38.5. The number of halogens is 1. The van der Waals surface area contributed by atoms with Crippen molar-refractivity contribution in [3.63, 3.8) is 0 Å². The Morgan fingerprint density at radius 3 is 0.625 bits per heavy atom. The van der Waals surface area contributed by atoms with Crippen LogP contribution in [-0.4, -0.2) is 0 Å². The average Bonchev–Trinajstić information content (AvgIpc) is 3.20. The normalized spacial score (nSPS) is 9.54. The minimum Gasteiger partial charge on any atom is -0.184 e. The Bertz CT molecular complexity index is 1450. The molecule has 239 valence electrons. The molecule has 0 aromatic heterocycles. The third kappa shape index (κ3) is 12.9. The van der Waals surface area contributed by atoms with E-state index < -0.39 is 15.8 Å². The largest absolute Gasteiger partial charge is 0.184 e. The van der Waals surface area contributed by atoms with Gasteiger partial charge >= 0.3 is 38.5 Å². The minimum atomic E-state index is -0.446. The predicted molar refractivity (Wildman–Crippen MR) is 205 cm³/mol. The molecule has 0 heterocycles. The molecule has 7 aromatic rings. The van der Waals surface area contributed by atoms with Gasteiger partial charge in [-0.05, 0) is 47.7 Å². The molecule has 48 heavy (non-hydrogen) atoms. The van der Waals surface area contributed by atoms with Crippen LogP contribution >= 0.6 is 25.5 Å². The molecule has 0 aliphatic carbocycles. The summed E-state index contributed by atoms with van der Waals surface area (Å²) in [6, 6.07) is 77.2. The second kappa shape index (κ2) is 24.2. The Labute approximate surface area is 302 Å². The zero-order valence-corrected chi connectivity index (χ0v) is 31.3. The van der Waals surface area contributed by atoms with E-state index in [1.54, 1.807) is 0 Å². The smallest absolute Gasteiger partial charge is 0.0134 e. The zero-order valence-electron chi connectivity index (χ0n) is 26.2. The predicted octanol–water partition coefficient (Wildman–Crippen LogP) is 9.03. The first-order valence-corrected chi connectivity index (χ1v) is 20.9. The molecule has 0 saturated carbocycles. The number of benzene rings is 7. The van der Waals surface area contributed by atoms with E-state index in [1.165, 1.54) is 49.4 Å². The van der Waals surface area contributed by atoms with Crippen molar-refractivity contribution in [2.24, 2.45) is 0 Å². The van der Waals surface area contributed by atoms with Gasteiger partial charge in [0.2, 0.25) is 0 Å². The van der Waals surface area contributed by atoms with Gasteiger partial charge in [0, 0.05) is 0 Å². The van der Waals surface area contributed by atoms with E-state index in [-0.39, 0.29) is 0 Å². The van der Waals surface area contributed by atoms with E-state index in [4.69, 9.17) is 4.65 Å². The SMILES string of the molecule is [C-]#[O+].[Cl][Os].[c-]1ccccc1.c1ccc(P(c2ccccc2)c2ccccc2)cc1.c1ccc(P(c2ccccc2)c2ccccc2)cc1. The molecule has 0 atom stereocenters. The van der Waals surface area contributed by atoms with E-state index >= 15 is 0 Å². The van der Waals surface area contributed by atoms with Crippen molar-refractivity contribution in [3.8, 4) is 0 Å². The van der Waals surface area contributed by atoms with Gasteiger partial charge in [-0.3, -0.25) is 0 Å². The number of rotatable bonds is 6. The van der Waals surface area contributed by atoms with Crippen LogP contribution < -0.4 is 31.8 Å². The first-order chi connectivity index (χ1) is 23.9. The van der Waals surface area contributed by atoms with Crippen LogP contribution in [0.1, 0.15) is 0 Å². The molecule has 0 unspecified atom stereocenters. The molecule has 0 aliphatic heterocycles. The van der Waals surface area contributed by atoms with Crippen molar-refractivity contribution in [1.82, 2.24) is 0 Å². The summed E-state index contributed by atoms with van der Waals surface area (Å²) in [5.74, 6) is 0. The van der Waals surface area contributed by atoms with Gasteiger partial charge in [0.15, 0.2) is 0 Å². The summed E-state index contributed by atoms with van der Waals surface area (Å²) in [5, 5.41) is 8.39. The zero-order chi connectivity index (χ0) is 34.1. The van der Waals surface area contributed by atoms with Crippen LogP contribution in [0.2, 0.25) is 0 Å². The minimum absolute atomic E-state index is 0.446. The van der Waals surface area contributed by atoms with E-state index in [0.717, 1.165) is 0 Å². The molecule has 0 aliphatic rings. The molecule has 5 heteroatoms. The Morgan fingerprint density at radius 2 is 0.500 bits per heavy atom. The third-order valence-electron chi connectivity index (χ3n) is 6.69.